The van der Waals surface area contributed by atoms with Gasteiger partial charge in [-0.15, -0.1) is 0 Å². The highest BCUT2D eigenvalue weighted by Crippen LogP contribution is 2.14. The SMILES string of the molecule is CC1CN(C(=O)CN2CCN(S(=O)(=O)N3CCOCC3)CC2)CCO1. The lowest BCUT2D eigenvalue weighted by Gasteiger charge is -2.38. The summed E-state index contributed by atoms with van der Waals surface area (Å²) in [4.78, 5) is 16.3. The largest absolute Gasteiger partial charge is 0.379 e. The van der Waals surface area contributed by atoms with Crippen molar-refractivity contribution in [3.8, 4) is 0 Å². The van der Waals surface area contributed by atoms with Crippen molar-refractivity contribution < 1.29 is 22.7 Å². The summed E-state index contributed by atoms with van der Waals surface area (Å²) in [5, 5.41) is 0. The normalized spacial score (nSPS) is 28.2. The molecule has 0 bridgehead atoms. The van der Waals surface area contributed by atoms with Gasteiger partial charge in [-0.2, -0.15) is 17.0 Å². The van der Waals surface area contributed by atoms with Gasteiger partial charge in [-0.05, 0) is 6.92 Å². The molecule has 9 nitrogen and oxygen atoms in total. The first kappa shape index (κ1) is 19.0. The molecule has 3 fully saturated rings. The van der Waals surface area contributed by atoms with Crippen LogP contribution in [-0.4, -0.2) is 118 Å². The molecule has 0 aromatic rings. The first-order valence-electron chi connectivity index (χ1n) is 8.91. The minimum Gasteiger partial charge on any atom is -0.379 e. The highest BCUT2D eigenvalue weighted by Gasteiger charge is 2.34. The Kier molecular flexibility index (Phi) is 6.29. The molecule has 144 valence electrons. The van der Waals surface area contributed by atoms with E-state index in [1.165, 1.54) is 8.61 Å². The zero-order chi connectivity index (χ0) is 17.9. The van der Waals surface area contributed by atoms with E-state index in [0.29, 0.717) is 78.7 Å². The summed E-state index contributed by atoms with van der Waals surface area (Å²) >= 11 is 0. The van der Waals surface area contributed by atoms with E-state index in [4.69, 9.17) is 9.47 Å². The number of morpholine rings is 2. The van der Waals surface area contributed by atoms with Gasteiger partial charge in [-0.1, -0.05) is 0 Å². The lowest BCUT2D eigenvalue weighted by molar-refractivity contribution is -0.139. The Morgan fingerprint density at radius 2 is 1.60 bits per heavy atom. The van der Waals surface area contributed by atoms with Crippen molar-refractivity contribution in [1.82, 2.24) is 18.4 Å². The van der Waals surface area contributed by atoms with Crippen LogP contribution in [0.1, 0.15) is 6.92 Å². The highest BCUT2D eigenvalue weighted by atomic mass is 32.2. The third kappa shape index (κ3) is 4.69. The van der Waals surface area contributed by atoms with E-state index in [2.05, 4.69) is 0 Å². The second-order valence-corrected chi connectivity index (χ2v) is 8.64. The molecule has 25 heavy (non-hydrogen) atoms. The quantitative estimate of drug-likeness (QED) is 0.590. The maximum absolute atomic E-state index is 12.6. The van der Waals surface area contributed by atoms with Crippen molar-refractivity contribution in [3.63, 3.8) is 0 Å². The fourth-order valence-electron chi connectivity index (χ4n) is 3.40. The molecule has 0 spiro atoms. The number of ether oxygens (including phenoxy) is 2. The molecule has 1 unspecified atom stereocenters. The Bertz CT molecular complexity index is 558. The number of rotatable bonds is 4. The van der Waals surface area contributed by atoms with Gasteiger partial charge in [0.05, 0.1) is 32.5 Å². The number of carbonyl (C=O) groups is 1. The lowest BCUT2D eigenvalue weighted by Crippen LogP contribution is -2.56. The van der Waals surface area contributed by atoms with E-state index in [1.54, 1.807) is 0 Å². The van der Waals surface area contributed by atoms with Crippen molar-refractivity contribution in [3.05, 3.63) is 0 Å². The molecule has 3 rings (SSSR count). The number of nitrogens with zero attached hydrogens (tertiary/aromatic N) is 4. The van der Waals surface area contributed by atoms with E-state index >= 15 is 0 Å². The van der Waals surface area contributed by atoms with Crippen molar-refractivity contribution in [2.24, 2.45) is 0 Å². The van der Waals surface area contributed by atoms with E-state index in [1.807, 2.05) is 16.7 Å². The second-order valence-electron chi connectivity index (χ2n) is 6.72. The summed E-state index contributed by atoms with van der Waals surface area (Å²) in [7, 11) is -3.42. The average molecular weight is 376 g/mol. The van der Waals surface area contributed by atoms with Gasteiger partial charge in [0, 0.05) is 52.4 Å². The summed E-state index contributed by atoms with van der Waals surface area (Å²) in [5.74, 6) is 0.0969. The molecule has 0 saturated carbocycles. The molecule has 0 radical (unpaired) electrons. The van der Waals surface area contributed by atoms with Crippen LogP contribution in [0, 0.1) is 0 Å². The zero-order valence-electron chi connectivity index (χ0n) is 14.8. The van der Waals surface area contributed by atoms with Crippen LogP contribution in [0.3, 0.4) is 0 Å². The third-order valence-electron chi connectivity index (χ3n) is 4.91. The van der Waals surface area contributed by atoms with E-state index in [9.17, 15) is 13.2 Å². The second kappa shape index (κ2) is 8.28. The average Bonchev–Trinajstić information content (AvgIpc) is 2.63. The Hall–Kier alpha value is -0.780. The Balaban J connectivity index is 1.47. The summed E-state index contributed by atoms with van der Waals surface area (Å²) in [5.41, 5.74) is 0. The number of piperazine rings is 1. The van der Waals surface area contributed by atoms with Gasteiger partial charge >= 0.3 is 0 Å². The van der Waals surface area contributed by atoms with Crippen molar-refractivity contribution in [2.75, 3.05) is 78.7 Å². The Labute approximate surface area is 149 Å². The van der Waals surface area contributed by atoms with Crippen LogP contribution in [0.15, 0.2) is 0 Å². The maximum Gasteiger partial charge on any atom is 0.282 e. The van der Waals surface area contributed by atoms with Gasteiger partial charge in [0.1, 0.15) is 0 Å². The molecule has 0 aromatic heterocycles. The molecule has 1 amide bonds. The molecule has 0 aliphatic carbocycles. The van der Waals surface area contributed by atoms with Crippen LogP contribution in [0.25, 0.3) is 0 Å². The smallest absolute Gasteiger partial charge is 0.282 e. The highest BCUT2D eigenvalue weighted by molar-refractivity contribution is 7.86. The maximum atomic E-state index is 12.6. The van der Waals surface area contributed by atoms with Gasteiger partial charge in [-0.25, -0.2) is 0 Å². The predicted molar refractivity (Wildman–Crippen MR) is 91.3 cm³/mol. The van der Waals surface area contributed by atoms with Crippen molar-refractivity contribution in [1.29, 1.82) is 0 Å². The van der Waals surface area contributed by atoms with Gasteiger partial charge < -0.3 is 14.4 Å². The molecule has 0 aromatic carbocycles. The van der Waals surface area contributed by atoms with Crippen molar-refractivity contribution >= 4 is 16.1 Å². The predicted octanol–water partition coefficient (Wildman–Crippen LogP) is -1.57. The van der Waals surface area contributed by atoms with Gasteiger partial charge in [0.15, 0.2) is 0 Å². The van der Waals surface area contributed by atoms with Crippen LogP contribution in [0.4, 0.5) is 0 Å². The van der Waals surface area contributed by atoms with E-state index in [-0.39, 0.29) is 12.0 Å². The standard InChI is InChI=1S/C15H28N4O5S/c1-14-12-17(6-11-24-14)15(20)13-16-2-4-18(5-3-16)25(21,22)19-7-9-23-10-8-19/h14H,2-13H2,1H3. The monoisotopic (exact) mass is 376 g/mol. The number of hydrogen-bond donors (Lipinski definition) is 0. The molecule has 3 heterocycles. The van der Waals surface area contributed by atoms with Crippen LogP contribution in [0.2, 0.25) is 0 Å². The third-order valence-corrected chi connectivity index (χ3v) is 6.94. The first-order valence-corrected chi connectivity index (χ1v) is 10.3. The number of carbonyl (C=O) groups excluding carboxylic acids is 1. The van der Waals surface area contributed by atoms with E-state index < -0.39 is 10.2 Å². The summed E-state index contributed by atoms with van der Waals surface area (Å²) in [6.45, 7) is 7.89. The fraction of sp³-hybridized carbons (Fsp3) is 0.933. The summed E-state index contributed by atoms with van der Waals surface area (Å²) < 4.78 is 39.0. The van der Waals surface area contributed by atoms with Crippen LogP contribution >= 0.6 is 0 Å². The number of hydrogen-bond acceptors (Lipinski definition) is 6. The minimum absolute atomic E-state index is 0.0770. The fourth-order valence-corrected chi connectivity index (χ4v) is 4.96. The number of amides is 1. The van der Waals surface area contributed by atoms with E-state index in [0.717, 1.165) is 0 Å². The van der Waals surface area contributed by atoms with Gasteiger partial charge in [0.2, 0.25) is 5.91 Å². The Morgan fingerprint density at radius 3 is 2.24 bits per heavy atom. The summed E-state index contributed by atoms with van der Waals surface area (Å²) in [6, 6.07) is 0. The molecule has 1 atom stereocenters. The lowest BCUT2D eigenvalue weighted by atomic mass is 10.3. The van der Waals surface area contributed by atoms with Crippen molar-refractivity contribution in [2.45, 2.75) is 13.0 Å². The Morgan fingerprint density at radius 1 is 0.960 bits per heavy atom. The van der Waals surface area contributed by atoms with Crippen LogP contribution < -0.4 is 0 Å². The molecular weight excluding hydrogens is 348 g/mol. The molecule has 0 N–H and O–H groups in total. The van der Waals surface area contributed by atoms with Crippen LogP contribution in [0.5, 0.6) is 0 Å². The molecule has 10 heteroatoms. The van der Waals surface area contributed by atoms with Gasteiger partial charge in [-0.3, -0.25) is 9.69 Å². The molecule has 3 aliphatic heterocycles. The molecule has 3 aliphatic rings. The first-order chi connectivity index (χ1) is 12.0. The minimum atomic E-state index is -3.42. The zero-order valence-corrected chi connectivity index (χ0v) is 15.6. The molecule has 3 saturated heterocycles. The van der Waals surface area contributed by atoms with Crippen LogP contribution in [-0.2, 0) is 24.5 Å². The van der Waals surface area contributed by atoms with Gasteiger partial charge in [0.25, 0.3) is 10.2 Å². The summed E-state index contributed by atoms with van der Waals surface area (Å²) in [6.07, 6.45) is 0.0770. The topological polar surface area (TPSA) is 82.6 Å². The molecular formula is C15H28N4O5S.